The first-order valence-electron chi connectivity index (χ1n) is 10.3. The Balaban J connectivity index is 1.53. The predicted molar refractivity (Wildman–Crippen MR) is 117 cm³/mol. The van der Waals surface area contributed by atoms with Crippen molar-refractivity contribution in [1.82, 2.24) is 15.0 Å². The van der Waals surface area contributed by atoms with E-state index in [1.165, 1.54) is 17.8 Å². The molecule has 0 amide bonds. The van der Waals surface area contributed by atoms with Gasteiger partial charge in [0, 0.05) is 18.7 Å². The molecule has 8 heteroatoms. The van der Waals surface area contributed by atoms with Gasteiger partial charge in [0.25, 0.3) is 5.56 Å². The minimum Gasteiger partial charge on any atom is -0.396 e. The molecule has 1 aromatic carbocycles. The molecule has 0 radical (unpaired) electrons. The van der Waals surface area contributed by atoms with E-state index in [0.29, 0.717) is 34.3 Å². The van der Waals surface area contributed by atoms with Crippen LogP contribution in [0.25, 0.3) is 20.8 Å². The summed E-state index contributed by atoms with van der Waals surface area (Å²) in [6.07, 6.45) is 6.25. The smallest absolute Gasteiger partial charge is 0.264 e. The van der Waals surface area contributed by atoms with Gasteiger partial charge < -0.3 is 15.7 Å². The van der Waals surface area contributed by atoms with E-state index in [2.05, 4.69) is 20.6 Å². The number of thiazole rings is 1. The van der Waals surface area contributed by atoms with Crippen molar-refractivity contribution in [3.63, 3.8) is 0 Å². The molecular weight excluding hydrogens is 386 g/mol. The normalized spacial score (nSPS) is 22.0. The second kappa shape index (κ2) is 7.76. The summed E-state index contributed by atoms with van der Waals surface area (Å²) in [4.78, 5) is 25.4. The highest BCUT2D eigenvalue weighted by atomic mass is 32.1. The van der Waals surface area contributed by atoms with Gasteiger partial charge in [0.1, 0.15) is 16.4 Å². The fourth-order valence-electron chi connectivity index (χ4n) is 4.13. The summed E-state index contributed by atoms with van der Waals surface area (Å²) in [5.41, 5.74) is 1.20. The van der Waals surface area contributed by atoms with Crippen molar-refractivity contribution in [1.29, 1.82) is 0 Å². The monoisotopic (exact) mass is 411 g/mol. The summed E-state index contributed by atoms with van der Waals surface area (Å²) in [7, 11) is 0. The lowest BCUT2D eigenvalue weighted by atomic mass is 9.93. The summed E-state index contributed by atoms with van der Waals surface area (Å²) in [5, 5.41) is 17.0. The number of anilines is 2. The highest BCUT2D eigenvalue weighted by Gasteiger charge is 2.27. The standard InChI is InChI=1S/C21H25N5O2S/c27-11-12-8-9-14(10-12)22-18-17(20-24-15-6-1-2-7-16(15)29-20)19(28)26-21(25-18)23-13-4-3-5-13/h1-2,6-7,12-14,27H,3-5,8-11H2,(H3,22,23,25,26,28). The van der Waals surface area contributed by atoms with Crippen LogP contribution in [0.5, 0.6) is 0 Å². The van der Waals surface area contributed by atoms with Crippen molar-refractivity contribution in [2.24, 2.45) is 5.92 Å². The van der Waals surface area contributed by atoms with Gasteiger partial charge in [-0.05, 0) is 56.6 Å². The molecule has 0 bridgehead atoms. The molecule has 0 aliphatic heterocycles. The number of nitrogens with one attached hydrogen (secondary N) is 3. The Labute approximate surface area is 172 Å². The Morgan fingerprint density at radius 3 is 2.69 bits per heavy atom. The Morgan fingerprint density at radius 1 is 1.10 bits per heavy atom. The van der Waals surface area contributed by atoms with E-state index < -0.39 is 0 Å². The van der Waals surface area contributed by atoms with Crippen LogP contribution in [-0.4, -0.2) is 38.7 Å². The van der Waals surface area contributed by atoms with Crippen LogP contribution >= 0.6 is 11.3 Å². The van der Waals surface area contributed by atoms with Gasteiger partial charge in [0.2, 0.25) is 5.95 Å². The lowest BCUT2D eigenvalue weighted by molar-refractivity contribution is 0.229. The van der Waals surface area contributed by atoms with E-state index in [1.807, 2.05) is 24.3 Å². The van der Waals surface area contributed by atoms with E-state index in [0.717, 1.165) is 42.3 Å². The minimum atomic E-state index is -0.180. The van der Waals surface area contributed by atoms with Gasteiger partial charge >= 0.3 is 0 Å². The van der Waals surface area contributed by atoms with Crippen molar-refractivity contribution in [3.8, 4) is 10.6 Å². The summed E-state index contributed by atoms with van der Waals surface area (Å²) >= 11 is 1.51. The topological polar surface area (TPSA) is 103 Å². The van der Waals surface area contributed by atoms with Gasteiger partial charge in [-0.1, -0.05) is 12.1 Å². The Hall–Kier alpha value is -2.45. The lowest BCUT2D eigenvalue weighted by Gasteiger charge is -2.27. The average molecular weight is 412 g/mol. The van der Waals surface area contributed by atoms with Crippen molar-refractivity contribution in [2.45, 2.75) is 50.6 Å². The molecule has 2 atom stereocenters. The number of hydrogen-bond donors (Lipinski definition) is 4. The number of H-pyrrole nitrogens is 1. The summed E-state index contributed by atoms with van der Waals surface area (Å²) in [6.45, 7) is 0.209. The zero-order chi connectivity index (χ0) is 19.8. The maximum Gasteiger partial charge on any atom is 0.264 e. The van der Waals surface area contributed by atoms with E-state index >= 15 is 0 Å². The van der Waals surface area contributed by atoms with Crippen molar-refractivity contribution in [2.75, 3.05) is 17.2 Å². The number of para-hydroxylation sites is 1. The molecule has 3 aromatic rings. The molecule has 5 rings (SSSR count). The summed E-state index contributed by atoms with van der Waals surface area (Å²) in [5.74, 6) is 1.41. The number of benzene rings is 1. The number of rotatable bonds is 6. The third kappa shape index (κ3) is 3.74. The molecule has 2 aromatic heterocycles. The molecule has 152 valence electrons. The molecule has 4 N–H and O–H groups in total. The molecule has 2 aliphatic rings. The maximum atomic E-state index is 13.1. The van der Waals surface area contributed by atoms with Gasteiger partial charge in [-0.3, -0.25) is 9.78 Å². The zero-order valence-electron chi connectivity index (χ0n) is 16.1. The molecular formula is C21H25N5O2S. The highest BCUT2D eigenvalue weighted by molar-refractivity contribution is 7.21. The molecule has 2 fully saturated rings. The first kappa shape index (κ1) is 18.6. The maximum absolute atomic E-state index is 13.1. The highest BCUT2D eigenvalue weighted by Crippen LogP contribution is 2.34. The van der Waals surface area contributed by atoms with Crippen LogP contribution in [0.4, 0.5) is 11.8 Å². The van der Waals surface area contributed by atoms with Crippen molar-refractivity contribution >= 4 is 33.3 Å². The van der Waals surface area contributed by atoms with Gasteiger partial charge in [0.05, 0.1) is 10.2 Å². The first-order chi connectivity index (χ1) is 14.2. The number of nitrogens with zero attached hydrogens (tertiary/aromatic N) is 2. The third-order valence-electron chi connectivity index (χ3n) is 6.01. The number of aromatic nitrogens is 3. The fraction of sp³-hybridized carbons (Fsp3) is 0.476. The van der Waals surface area contributed by atoms with Crippen LogP contribution in [0.2, 0.25) is 0 Å². The molecule has 2 aliphatic carbocycles. The van der Waals surface area contributed by atoms with E-state index in [1.54, 1.807) is 0 Å². The van der Waals surface area contributed by atoms with Crippen LogP contribution < -0.4 is 16.2 Å². The Morgan fingerprint density at radius 2 is 1.97 bits per heavy atom. The molecule has 29 heavy (non-hydrogen) atoms. The first-order valence-corrected chi connectivity index (χ1v) is 11.2. The van der Waals surface area contributed by atoms with Gasteiger partial charge in [-0.15, -0.1) is 11.3 Å². The SMILES string of the molecule is O=c1[nH]c(NC2CCC2)nc(NC2CCC(CO)C2)c1-c1nc2ccccc2s1. The molecule has 7 nitrogen and oxygen atoms in total. The van der Waals surface area contributed by atoms with Crippen molar-refractivity contribution in [3.05, 3.63) is 34.6 Å². The third-order valence-corrected chi connectivity index (χ3v) is 7.07. The van der Waals surface area contributed by atoms with Crippen LogP contribution in [0.1, 0.15) is 38.5 Å². The second-order valence-corrected chi connectivity index (χ2v) is 9.13. The van der Waals surface area contributed by atoms with Crippen LogP contribution in [-0.2, 0) is 0 Å². The van der Waals surface area contributed by atoms with Crippen LogP contribution in [0, 0.1) is 5.92 Å². The van der Waals surface area contributed by atoms with Gasteiger partial charge in [-0.2, -0.15) is 4.98 Å². The number of aliphatic hydroxyl groups is 1. The summed E-state index contributed by atoms with van der Waals surface area (Å²) in [6, 6.07) is 8.48. The van der Waals surface area contributed by atoms with Crippen LogP contribution in [0.15, 0.2) is 29.1 Å². The van der Waals surface area contributed by atoms with E-state index in [4.69, 9.17) is 4.98 Å². The minimum absolute atomic E-state index is 0.180. The fourth-order valence-corrected chi connectivity index (χ4v) is 5.14. The van der Waals surface area contributed by atoms with Gasteiger partial charge in [-0.25, -0.2) is 4.98 Å². The average Bonchev–Trinajstić information content (AvgIpc) is 3.30. The van der Waals surface area contributed by atoms with E-state index in [9.17, 15) is 9.90 Å². The summed E-state index contributed by atoms with van der Waals surface area (Å²) < 4.78 is 1.05. The molecule has 2 unspecified atom stereocenters. The van der Waals surface area contributed by atoms with E-state index in [-0.39, 0.29) is 18.2 Å². The molecule has 0 spiro atoms. The second-order valence-electron chi connectivity index (χ2n) is 8.10. The molecule has 0 saturated heterocycles. The predicted octanol–water partition coefficient (Wildman–Crippen LogP) is 3.58. The van der Waals surface area contributed by atoms with Crippen molar-refractivity contribution < 1.29 is 5.11 Å². The Bertz CT molecular complexity index is 1040. The quantitative estimate of drug-likeness (QED) is 0.494. The number of aliphatic hydroxyl groups excluding tert-OH is 1. The zero-order valence-corrected chi connectivity index (χ0v) is 17.0. The Kier molecular flexibility index (Phi) is 4.97. The largest absolute Gasteiger partial charge is 0.396 e. The number of fused-ring (bicyclic) bond motifs is 1. The number of aromatic amines is 1. The molecule has 2 saturated carbocycles. The molecule has 2 heterocycles. The number of hydrogen-bond acceptors (Lipinski definition) is 7. The van der Waals surface area contributed by atoms with Crippen LogP contribution in [0.3, 0.4) is 0 Å². The van der Waals surface area contributed by atoms with Gasteiger partial charge in [0.15, 0.2) is 0 Å². The lowest BCUT2D eigenvalue weighted by Crippen LogP contribution is -2.30.